The van der Waals surface area contributed by atoms with Crippen molar-refractivity contribution < 1.29 is 14.3 Å². The van der Waals surface area contributed by atoms with Gasteiger partial charge in [0.15, 0.2) is 0 Å². The van der Waals surface area contributed by atoms with Crippen LogP contribution in [0.5, 0.6) is 5.75 Å². The summed E-state index contributed by atoms with van der Waals surface area (Å²) in [6.07, 6.45) is 3.51. The van der Waals surface area contributed by atoms with Gasteiger partial charge in [-0.15, -0.1) is 0 Å². The fourth-order valence-electron chi connectivity index (χ4n) is 5.76. The predicted octanol–water partition coefficient (Wildman–Crippen LogP) is 3.19. The van der Waals surface area contributed by atoms with E-state index in [1.165, 1.54) is 0 Å². The summed E-state index contributed by atoms with van der Waals surface area (Å²) in [5.41, 5.74) is 2.13. The van der Waals surface area contributed by atoms with Crippen LogP contribution >= 0.6 is 0 Å². The third kappa shape index (κ3) is 2.89. The second-order valence-electron chi connectivity index (χ2n) is 8.80. The Kier molecular flexibility index (Phi) is 4.53. The largest absolute Gasteiger partial charge is 0.497 e. The van der Waals surface area contributed by atoms with E-state index in [0.29, 0.717) is 12.1 Å². The van der Waals surface area contributed by atoms with Crippen LogP contribution in [0.3, 0.4) is 0 Å². The number of fused-ring (bicyclic) bond motifs is 3. The number of aryl methyl sites for hydroxylation is 1. The van der Waals surface area contributed by atoms with Crippen LogP contribution in [-0.2, 0) is 11.3 Å². The SMILES string of the molecule is COc1ccc(C(=O)N2[C@H]3CC[C@H]2[C@]2(CCN(Cc4cccc(C)n4)C2=O)C3)cc1. The van der Waals surface area contributed by atoms with Crippen LogP contribution in [-0.4, -0.2) is 52.3 Å². The molecule has 156 valence electrons. The molecule has 6 heteroatoms. The van der Waals surface area contributed by atoms with E-state index in [1.807, 2.05) is 59.2 Å². The summed E-state index contributed by atoms with van der Waals surface area (Å²) in [6, 6.07) is 13.4. The third-order valence-corrected chi connectivity index (χ3v) is 7.15. The Bertz CT molecular complexity index is 989. The minimum absolute atomic E-state index is 0.0000651. The van der Waals surface area contributed by atoms with E-state index in [2.05, 4.69) is 4.98 Å². The van der Waals surface area contributed by atoms with E-state index in [-0.39, 0.29) is 23.9 Å². The molecule has 30 heavy (non-hydrogen) atoms. The van der Waals surface area contributed by atoms with Crippen LogP contribution in [0.25, 0.3) is 0 Å². The van der Waals surface area contributed by atoms with Crippen LogP contribution in [0, 0.1) is 12.3 Å². The van der Waals surface area contributed by atoms with Crippen LogP contribution in [0.4, 0.5) is 0 Å². The molecule has 4 heterocycles. The minimum Gasteiger partial charge on any atom is -0.497 e. The summed E-state index contributed by atoms with van der Waals surface area (Å²) < 4.78 is 5.21. The normalized spacial score (nSPS) is 27.3. The molecule has 0 N–H and O–H groups in total. The first-order valence-corrected chi connectivity index (χ1v) is 10.7. The van der Waals surface area contributed by atoms with Crippen molar-refractivity contribution in [2.24, 2.45) is 5.41 Å². The summed E-state index contributed by atoms with van der Waals surface area (Å²) >= 11 is 0. The summed E-state index contributed by atoms with van der Waals surface area (Å²) in [7, 11) is 1.62. The van der Waals surface area contributed by atoms with Gasteiger partial charge in [-0.1, -0.05) is 6.07 Å². The molecular formula is C24H27N3O3. The fourth-order valence-corrected chi connectivity index (χ4v) is 5.76. The highest BCUT2D eigenvalue weighted by molar-refractivity contribution is 5.97. The molecule has 3 atom stereocenters. The summed E-state index contributed by atoms with van der Waals surface area (Å²) in [6.45, 7) is 3.25. The van der Waals surface area contributed by atoms with Gasteiger partial charge in [0.05, 0.1) is 24.8 Å². The number of methoxy groups -OCH3 is 1. The van der Waals surface area contributed by atoms with Crippen molar-refractivity contribution in [3.63, 3.8) is 0 Å². The first kappa shape index (κ1) is 19.1. The van der Waals surface area contributed by atoms with E-state index < -0.39 is 5.41 Å². The Balaban J connectivity index is 1.36. The van der Waals surface area contributed by atoms with Gasteiger partial charge >= 0.3 is 0 Å². The number of likely N-dealkylation sites (tertiary alicyclic amines) is 1. The molecule has 3 aliphatic heterocycles. The molecule has 3 fully saturated rings. The Morgan fingerprint density at radius 3 is 2.73 bits per heavy atom. The molecule has 1 aromatic carbocycles. The lowest BCUT2D eigenvalue weighted by atomic mass is 9.72. The smallest absolute Gasteiger partial charge is 0.254 e. The van der Waals surface area contributed by atoms with Crippen molar-refractivity contribution in [2.45, 2.75) is 51.2 Å². The molecule has 3 aliphatic rings. The first-order valence-electron chi connectivity index (χ1n) is 10.7. The zero-order valence-corrected chi connectivity index (χ0v) is 17.5. The number of hydrogen-bond acceptors (Lipinski definition) is 4. The Morgan fingerprint density at radius 1 is 1.20 bits per heavy atom. The molecule has 2 aromatic rings. The zero-order valence-electron chi connectivity index (χ0n) is 17.5. The number of carbonyl (C=O) groups is 2. The quantitative estimate of drug-likeness (QED) is 0.784. The number of hydrogen-bond donors (Lipinski definition) is 0. The van der Waals surface area contributed by atoms with Gasteiger partial charge in [-0.2, -0.15) is 0 Å². The number of nitrogens with zero attached hydrogens (tertiary/aromatic N) is 3. The number of rotatable bonds is 4. The maximum atomic E-state index is 13.5. The van der Waals surface area contributed by atoms with Crippen LogP contribution in [0.15, 0.2) is 42.5 Å². The first-order chi connectivity index (χ1) is 14.5. The van der Waals surface area contributed by atoms with Crippen LogP contribution in [0.1, 0.15) is 47.4 Å². The van der Waals surface area contributed by atoms with Crippen molar-refractivity contribution in [1.82, 2.24) is 14.8 Å². The van der Waals surface area contributed by atoms with Crippen molar-refractivity contribution in [3.8, 4) is 5.75 Å². The maximum absolute atomic E-state index is 13.5. The standard InChI is InChI=1S/C24H27N3O3/c1-16-4-3-5-18(25-16)15-26-13-12-24(23(26)29)14-19-8-11-21(24)27(19)22(28)17-6-9-20(30-2)10-7-17/h3-7,9-10,19,21H,8,11-15H2,1-2H3/t19-,21-,24-/m0/s1. The average molecular weight is 405 g/mol. The van der Waals surface area contributed by atoms with E-state index in [9.17, 15) is 9.59 Å². The van der Waals surface area contributed by atoms with Gasteiger partial charge in [-0.05, 0) is 69.0 Å². The number of pyridine rings is 1. The van der Waals surface area contributed by atoms with Crippen molar-refractivity contribution in [1.29, 1.82) is 0 Å². The molecule has 0 unspecified atom stereocenters. The second-order valence-corrected chi connectivity index (χ2v) is 8.80. The highest BCUT2D eigenvalue weighted by atomic mass is 16.5. The maximum Gasteiger partial charge on any atom is 0.254 e. The fraction of sp³-hybridized carbons (Fsp3) is 0.458. The van der Waals surface area contributed by atoms with Gasteiger partial charge in [-0.25, -0.2) is 0 Å². The van der Waals surface area contributed by atoms with Crippen LogP contribution < -0.4 is 4.74 Å². The van der Waals surface area contributed by atoms with Gasteiger partial charge in [0, 0.05) is 29.9 Å². The van der Waals surface area contributed by atoms with Gasteiger partial charge in [0.1, 0.15) is 5.75 Å². The molecule has 0 saturated carbocycles. The molecule has 2 bridgehead atoms. The average Bonchev–Trinajstić information content (AvgIpc) is 3.41. The number of benzene rings is 1. The number of ether oxygens (including phenoxy) is 1. The molecular weight excluding hydrogens is 378 g/mol. The van der Waals surface area contributed by atoms with Gasteiger partial charge in [0.2, 0.25) is 5.91 Å². The summed E-state index contributed by atoms with van der Waals surface area (Å²) in [5.74, 6) is 0.970. The molecule has 6 nitrogen and oxygen atoms in total. The Morgan fingerprint density at radius 2 is 2.00 bits per heavy atom. The molecule has 1 spiro atoms. The Labute approximate surface area is 176 Å². The van der Waals surface area contributed by atoms with Crippen LogP contribution in [0.2, 0.25) is 0 Å². The van der Waals surface area contributed by atoms with E-state index in [0.717, 1.165) is 49.4 Å². The highest BCUT2D eigenvalue weighted by Crippen LogP contribution is 2.55. The minimum atomic E-state index is -0.422. The topological polar surface area (TPSA) is 62.7 Å². The molecule has 1 aromatic heterocycles. The van der Waals surface area contributed by atoms with E-state index in [1.54, 1.807) is 7.11 Å². The lowest BCUT2D eigenvalue weighted by Crippen LogP contribution is -2.45. The number of amides is 2. The number of aromatic nitrogens is 1. The van der Waals surface area contributed by atoms with E-state index in [4.69, 9.17) is 4.74 Å². The lowest BCUT2D eigenvalue weighted by molar-refractivity contribution is -0.137. The zero-order chi connectivity index (χ0) is 20.9. The van der Waals surface area contributed by atoms with Gasteiger partial charge < -0.3 is 14.5 Å². The second kappa shape index (κ2) is 7.11. The van der Waals surface area contributed by atoms with Gasteiger partial charge in [-0.3, -0.25) is 14.6 Å². The molecule has 2 amide bonds. The predicted molar refractivity (Wildman–Crippen MR) is 112 cm³/mol. The molecule has 0 radical (unpaired) electrons. The highest BCUT2D eigenvalue weighted by Gasteiger charge is 2.63. The van der Waals surface area contributed by atoms with Gasteiger partial charge in [0.25, 0.3) is 5.91 Å². The van der Waals surface area contributed by atoms with Crippen molar-refractivity contribution in [2.75, 3.05) is 13.7 Å². The number of carbonyl (C=O) groups excluding carboxylic acids is 2. The van der Waals surface area contributed by atoms with Crippen molar-refractivity contribution in [3.05, 3.63) is 59.4 Å². The Hall–Kier alpha value is -2.89. The summed E-state index contributed by atoms with van der Waals surface area (Å²) in [4.78, 5) is 35.4. The lowest BCUT2D eigenvalue weighted by Gasteiger charge is -2.32. The monoisotopic (exact) mass is 405 g/mol. The van der Waals surface area contributed by atoms with E-state index >= 15 is 0 Å². The molecule has 5 rings (SSSR count). The van der Waals surface area contributed by atoms with Crippen molar-refractivity contribution >= 4 is 11.8 Å². The summed E-state index contributed by atoms with van der Waals surface area (Å²) in [5, 5.41) is 0. The molecule has 3 saturated heterocycles. The molecule has 0 aliphatic carbocycles. The third-order valence-electron chi connectivity index (χ3n) is 7.15.